The van der Waals surface area contributed by atoms with Crippen molar-refractivity contribution < 1.29 is 18.9 Å². The van der Waals surface area contributed by atoms with Crippen molar-refractivity contribution in [3.63, 3.8) is 0 Å². The molecule has 7 rings (SSSR count). The lowest BCUT2D eigenvalue weighted by Crippen LogP contribution is -2.47. The first-order valence-corrected chi connectivity index (χ1v) is 15.4. The predicted molar refractivity (Wildman–Crippen MR) is 175 cm³/mol. The van der Waals surface area contributed by atoms with Crippen molar-refractivity contribution in [2.45, 2.75) is 13.0 Å². The molecule has 0 N–H and O–H groups in total. The number of hydrogen-bond acceptors (Lipinski definition) is 10. The largest absolute Gasteiger partial charge is 0.493 e. The average Bonchev–Trinajstić information content (AvgIpc) is 3.53. The molecule has 4 heterocycles. The molecule has 0 radical (unpaired) electrons. The second kappa shape index (κ2) is 12.4. The number of hydrogen-bond donors (Lipinski definition) is 0. The van der Waals surface area contributed by atoms with Crippen LogP contribution < -0.4 is 29.4 Å². The van der Waals surface area contributed by atoms with Gasteiger partial charge in [-0.25, -0.2) is 9.97 Å². The van der Waals surface area contributed by atoms with Gasteiger partial charge in [0.2, 0.25) is 12.7 Å². The van der Waals surface area contributed by atoms with Crippen molar-refractivity contribution in [3.05, 3.63) is 65.2 Å². The fourth-order valence-corrected chi connectivity index (χ4v) is 6.29. The minimum atomic E-state index is -0.0607. The Balaban J connectivity index is 1.16. The van der Waals surface area contributed by atoms with Gasteiger partial charge in [-0.2, -0.15) is 0 Å². The molecule has 2 aliphatic heterocycles. The summed E-state index contributed by atoms with van der Waals surface area (Å²) in [7, 11) is 5.64. The molecule has 11 nitrogen and oxygen atoms in total. The Kier molecular flexibility index (Phi) is 8.03. The van der Waals surface area contributed by atoms with E-state index in [9.17, 15) is 4.79 Å². The highest BCUT2D eigenvalue weighted by Gasteiger charge is 2.21. The van der Waals surface area contributed by atoms with Crippen LogP contribution in [-0.2, 0) is 6.54 Å². The summed E-state index contributed by atoms with van der Waals surface area (Å²) in [4.78, 5) is 29.6. The van der Waals surface area contributed by atoms with Gasteiger partial charge < -0.3 is 33.3 Å². The van der Waals surface area contributed by atoms with Crippen LogP contribution in [-0.4, -0.2) is 98.2 Å². The Morgan fingerprint density at radius 2 is 1.62 bits per heavy atom. The van der Waals surface area contributed by atoms with Crippen LogP contribution >= 0.6 is 0 Å². The smallest absolute Gasteiger partial charge is 0.259 e. The molecule has 0 spiro atoms. The Morgan fingerprint density at radius 3 is 2.38 bits per heavy atom. The third-order valence-corrected chi connectivity index (χ3v) is 8.68. The number of likely N-dealkylation sites (N-methyl/N-ethyl adjacent to an activating group) is 1. The van der Waals surface area contributed by atoms with Crippen LogP contribution in [0.2, 0.25) is 0 Å². The maximum absolute atomic E-state index is 14.1. The number of benzene rings is 3. The van der Waals surface area contributed by atoms with Crippen molar-refractivity contribution in [1.82, 2.24) is 24.3 Å². The van der Waals surface area contributed by atoms with E-state index in [-0.39, 0.29) is 12.4 Å². The first kappa shape index (κ1) is 29.1. The number of rotatable bonds is 10. The van der Waals surface area contributed by atoms with Gasteiger partial charge in [0.15, 0.2) is 23.0 Å². The molecule has 2 aliphatic rings. The maximum atomic E-state index is 14.1. The van der Waals surface area contributed by atoms with E-state index in [1.54, 1.807) is 19.5 Å². The molecular formula is C34H38N6O5. The van der Waals surface area contributed by atoms with Crippen molar-refractivity contribution in [2.24, 2.45) is 0 Å². The fourth-order valence-electron chi connectivity index (χ4n) is 6.29. The number of piperazine rings is 1. The zero-order chi connectivity index (χ0) is 30.9. The lowest BCUT2D eigenvalue weighted by molar-refractivity contribution is 0.174. The molecule has 2 aromatic heterocycles. The summed E-state index contributed by atoms with van der Waals surface area (Å²) in [5.41, 5.74) is 0.815. The molecular weight excluding hydrogens is 572 g/mol. The first-order valence-electron chi connectivity index (χ1n) is 15.4. The van der Waals surface area contributed by atoms with Crippen molar-refractivity contribution in [2.75, 3.05) is 78.8 Å². The second-order valence-corrected chi connectivity index (χ2v) is 11.8. The number of anilines is 1. The summed E-state index contributed by atoms with van der Waals surface area (Å²) in [6, 6.07) is 13.8. The molecule has 0 amide bonds. The third kappa shape index (κ3) is 5.69. The minimum absolute atomic E-state index is 0.0607. The zero-order valence-electron chi connectivity index (χ0n) is 26.0. The maximum Gasteiger partial charge on any atom is 0.259 e. The molecule has 0 aliphatic carbocycles. The van der Waals surface area contributed by atoms with Crippen LogP contribution in [0.15, 0.2) is 59.7 Å². The van der Waals surface area contributed by atoms with Gasteiger partial charge in [-0.15, -0.1) is 0 Å². The molecule has 1 fully saturated rings. The predicted octanol–water partition coefficient (Wildman–Crippen LogP) is 3.99. The van der Waals surface area contributed by atoms with Crippen LogP contribution in [0.25, 0.3) is 32.4 Å². The molecule has 11 heteroatoms. The van der Waals surface area contributed by atoms with Gasteiger partial charge in [-0.05, 0) is 56.2 Å². The van der Waals surface area contributed by atoms with E-state index in [1.807, 2.05) is 49.0 Å². The van der Waals surface area contributed by atoms with Gasteiger partial charge in [0, 0.05) is 74.4 Å². The van der Waals surface area contributed by atoms with E-state index >= 15 is 0 Å². The monoisotopic (exact) mass is 610 g/mol. The standard InChI is InChI=1S/C34H38N6O5/c1-37(2)11-16-40-32-24(7-6-23-18-29-31(19-25(23)32)45-22-44-29)26-20-30(28(42-3)21-27(26)33(40)41)43-17-5-10-38-12-14-39(15-13-38)34-35-8-4-9-36-34/h4,6-9,18-21H,5,10-17,22H2,1-3H3. The van der Waals surface area contributed by atoms with Crippen molar-refractivity contribution in [1.29, 1.82) is 0 Å². The lowest BCUT2D eigenvalue weighted by Gasteiger charge is -2.34. The molecule has 0 atom stereocenters. The Morgan fingerprint density at radius 1 is 0.867 bits per heavy atom. The molecule has 45 heavy (non-hydrogen) atoms. The number of aromatic nitrogens is 3. The van der Waals surface area contributed by atoms with Gasteiger partial charge in [0.05, 0.1) is 24.6 Å². The highest BCUT2D eigenvalue weighted by Crippen LogP contribution is 2.41. The highest BCUT2D eigenvalue weighted by molar-refractivity contribution is 6.16. The summed E-state index contributed by atoms with van der Waals surface area (Å²) in [5, 5.41) is 4.36. The molecule has 1 saturated heterocycles. The number of nitrogens with zero attached hydrogens (tertiary/aromatic N) is 6. The van der Waals surface area contributed by atoms with Gasteiger partial charge >= 0.3 is 0 Å². The molecule has 0 unspecified atom stereocenters. The molecule has 5 aromatic rings. The first-order chi connectivity index (χ1) is 22.0. The summed E-state index contributed by atoms with van der Waals surface area (Å²) in [6.45, 7) is 6.64. The number of pyridine rings is 1. The fraction of sp³-hybridized carbons (Fsp3) is 0.382. The highest BCUT2D eigenvalue weighted by atomic mass is 16.7. The van der Waals surface area contributed by atoms with Crippen molar-refractivity contribution >= 4 is 38.4 Å². The summed E-state index contributed by atoms with van der Waals surface area (Å²) < 4.78 is 25.3. The SMILES string of the molecule is COc1cc2c(=O)n(CCN(C)C)c3c4cc5c(cc4ccc3c2cc1OCCCN1CCN(c2ncccn2)CC1)OCO5. The summed E-state index contributed by atoms with van der Waals surface area (Å²) in [5.74, 6) is 3.39. The number of ether oxygens (including phenoxy) is 4. The van der Waals surface area contributed by atoms with E-state index < -0.39 is 0 Å². The average molecular weight is 611 g/mol. The van der Waals surface area contributed by atoms with Crippen LogP contribution in [0, 0.1) is 0 Å². The van der Waals surface area contributed by atoms with Crippen LogP contribution in [0.1, 0.15) is 6.42 Å². The summed E-state index contributed by atoms with van der Waals surface area (Å²) >= 11 is 0. The van der Waals surface area contributed by atoms with Gasteiger partial charge in [-0.1, -0.05) is 12.1 Å². The van der Waals surface area contributed by atoms with Crippen LogP contribution in [0.4, 0.5) is 5.95 Å². The Bertz CT molecular complexity index is 1900. The van der Waals surface area contributed by atoms with Crippen LogP contribution in [0.5, 0.6) is 23.0 Å². The van der Waals surface area contributed by atoms with Crippen molar-refractivity contribution in [3.8, 4) is 23.0 Å². The molecule has 0 saturated carbocycles. The molecule has 3 aromatic carbocycles. The van der Waals surface area contributed by atoms with Gasteiger partial charge in [0.1, 0.15) is 0 Å². The van der Waals surface area contributed by atoms with E-state index in [0.29, 0.717) is 35.8 Å². The molecule has 0 bridgehead atoms. The Labute approximate surface area is 261 Å². The van der Waals surface area contributed by atoms with Gasteiger partial charge in [0.25, 0.3) is 5.56 Å². The van der Waals surface area contributed by atoms with E-state index in [0.717, 1.165) is 84.4 Å². The number of fused-ring (bicyclic) bond motifs is 6. The van der Waals surface area contributed by atoms with E-state index in [1.165, 1.54) is 0 Å². The van der Waals surface area contributed by atoms with Gasteiger partial charge in [-0.3, -0.25) is 9.69 Å². The zero-order valence-corrected chi connectivity index (χ0v) is 26.0. The Hall–Kier alpha value is -4.61. The quantitative estimate of drug-likeness (QED) is 0.171. The summed E-state index contributed by atoms with van der Waals surface area (Å²) in [6.07, 6.45) is 4.44. The van der Waals surface area contributed by atoms with E-state index in [4.69, 9.17) is 18.9 Å². The number of methoxy groups -OCH3 is 1. The normalized spacial score (nSPS) is 15.1. The van der Waals surface area contributed by atoms with Crippen LogP contribution in [0.3, 0.4) is 0 Å². The minimum Gasteiger partial charge on any atom is -0.493 e. The van der Waals surface area contributed by atoms with E-state index in [2.05, 4.69) is 36.8 Å². The topological polar surface area (TPSA) is 94.4 Å². The lowest BCUT2D eigenvalue weighted by atomic mass is 9.99. The third-order valence-electron chi connectivity index (χ3n) is 8.68. The molecule has 234 valence electrons. The second-order valence-electron chi connectivity index (χ2n) is 11.8.